The Hall–Kier alpha value is -3.31. The highest BCUT2D eigenvalue weighted by Gasteiger charge is 2.48. The van der Waals surface area contributed by atoms with Crippen LogP contribution < -0.4 is 0 Å². The molecule has 2 unspecified atom stereocenters. The minimum atomic E-state index is -1.21. The van der Waals surface area contributed by atoms with Gasteiger partial charge in [-0.2, -0.15) is 0 Å². The number of hydrogen-bond donors (Lipinski definition) is 0. The molecule has 3 aliphatic heterocycles. The first-order valence-electron chi connectivity index (χ1n) is 12.2. The Labute approximate surface area is 216 Å². The normalized spacial score (nSPS) is 28.0. The molecule has 0 radical (unpaired) electrons. The Morgan fingerprint density at radius 3 is 2.43 bits per heavy atom. The molecule has 11 heteroatoms. The van der Waals surface area contributed by atoms with Crippen molar-refractivity contribution >= 4 is 29.8 Å². The van der Waals surface area contributed by atoms with E-state index in [-0.39, 0.29) is 30.6 Å². The highest BCUT2D eigenvalue weighted by Crippen LogP contribution is 2.32. The number of carbonyl (C=O) groups is 5. The van der Waals surface area contributed by atoms with Crippen LogP contribution in [0.1, 0.15) is 53.9 Å². The lowest BCUT2D eigenvalue weighted by atomic mass is 10.0. The largest absolute Gasteiger partial charge is 0.510 e. The molecule has 0 spiro atoms. The van der Waals surface area contributed by atoms with E-state index in [4.69, 9.17) is 18.9 Å². The molecule has 0 aromatic carbocycles. The second kappa shape index (κ2) is 11.0. The van der Waals surface area contributed by atoms with Crippen molar-refractivity contribution in [2.45, 2.75) is 77.2 Å². The predicted molar refractivity (Wildman–Crippen MR) is 130 cm³/mol. The molecule has 3 rings (SSSR count). The number of rotatable bonds is 6. The lowest BCUT2D eigenvalue weighted by Gasteiger charge is -2.35. The van der Waals surface area contributed by atoms with Crippen molar-refractivity contribution in [3.05, 3.63) is 36.0 Å². The average molecular weight is 519 g/mol. The zero-order valence-electron chi connectivity index (χ0n) is 21.9. The number of carbonyl (C=O) groups excluding carboxylic acids is 5. The highest BCUT2D eigenvalue weighted by atomic mass is 16.7. The zero-order chi connectivity index (χ0) is 27.5. The number of imide groups is 2. The van der Waals surface area contributed by atoms with E-state index < -0.39 is 59.9 Å². The number of piperidine rings is 1. The number of nitrogens with zero attached hydrogens (tertiary/aromatic N) is 2. The van der Waals surface area contributed by atoms with Crippen molar-refractivity contribution in [3.8, 4) is 0 Å². The quantitative estimate of drug-likeness (QED) is 0.296. The Balaban J connectivity index is 1.64. The van der Waals surface area contributed by atoms with E-state index in [1.54, 1.807) is 6.92 Å². The van der Waals surface area contributed by atoms with Crippen LogP contribution in [-0.4, -0.2) is 82.9 Å². The van der Waals surface area contributed by atoms with Crippen LogP contribution in [-0.2, 0) is 38.1 Å². The van der Waals surface area contributed by atoms with Gasteiger partial charge in [0, 0.05) is 12.0 Å². The Kier molecular flexibility index (Phi) is 8.38. The van der Waals surface area contributed by atoms with Crippen molar-refractivity contribution < 1.29 is 42.9 Å². The third kappa shape index (κ3) is 5.99. The molecule has 3 aliphatic rings. The molecule has 2 atom stereocenters. The fourth-order valence-corrected chi connectivity index (χ4v) is 4.40. The van der Waals surface area contributed by atoms with Crippen LogP contribution in [0.15, 0.2) is 36.0 Å². The first-order valence-corrected chi connectivity index (χ1v) is 12.2. The van der Waals surface area contributed by atoms with Gasteiger partial charge in [0.2, 0.25) is 5.91 Å². The maximum Gasteiger partial charge on any atom is 0.510 e. The predicted octanol–water partition coefficient (Wildman–Crippen LogP) is 2.40. The molecule has 0 aromatic rings. The van der Waals surface area contributed by atoms with Crippen molar-refractivity contribution in [2.75, 3.05) is 19.9 Å². The van der Waals surface area contributed by atoms with Gasteiger partial charge < -0.3 is 18.9 Å². The van der Waals surface area contributed by atoms with Crippen LogP contribution in [0.3, 0.4) is 0 Å². The van der Waals surface area contributed by atoms with Crippen LogP contribution in [0.5, 0.6) is 0 Å². The van der Waals surface area contributed by atoms with Crippen LogP contribution in [0.4, 0.5) is 4.79 Å². The van der Waals surface area contributed by atoms with Crippen LogP contribution >= 0.6 is 0 Å². The van der Waals surface area contributed by atoms with E-state index in [0.29, 0.717) is 17.9 Å². The molecule has 3 fully saturated rings. The molecule has 0 N–H and O–H groups in total. The summed E-state index contributed by atoms with van der Waals surface area (Å²) < 4.78 is 22.1. The molecule has 3 saturated heterocycles. The summed E-state index contributed by atoms with van der Waals surface area (Å²) in [7, 11) is 0. The number of allylic oxidation sites excluding steroid dienone is 3. The monoisotopic (exact) mass is 518 g/mol. The van der Waals surface area contributed by atoms with Gasteiger partial charge in [0.05, 0.1) is 23.4 Å². The maximum absolute atomic E-state index is 13.1. The summed E-state index contributed by atoms with van der Waals surface area (Å²) in [5.74, 6) is -2.69. The van der Waals surface area contributed by atoms with Gasteiger partial charge in [0.15, 0.2) is 6.73 Å². The van der Waals surface area contributed by atoms with Gasteiger partial charge in [-0.1, -0.05) is 18.7 Å². The Morgan fingerprint density at radius 2 is 1.78 bits per heavy atom. The molecule has 0 aliphatic carbocycles. The summed E-state index contributed by atoms with van der Waals surface area (Å²) in [6.07, 6.45) is 3.09. The van der Waals surface area contributed by atoms with Gasteiger partial charge in [-0.3, -0.25) is 24.1 Å². The van der Waals surface area contributed by atoms with Crippen LogP contribution in [0.2, 0.25) is 0 Å². The minimum Gasteiger partial charge on any atom is -0.431 e. The van der Waals surface area contributed by atoms with E-state index in [9.17, 15) is 24.0 Å². The highest BCUT2D eigenvalue weighted by molar-refractivity contribution is 6.26. The van der Waals surface area contributed by atoms with E-state index in [1.807, 2.05) is 27.7 Å². The molecule has 202 valence electrons. The first kappa shape index (κ1) is 28.3. The molecule has 0 saturated carbocycles. The standard InChI is InChI=1S/C26H34N2O9/c1-7-9-17-16(8-2)21(30)28(22(17)31)18-10-11-20(29)27(23(18)32)15-35-24(33)34-14-19-26(5,6)36-13-12-25(3,4)37-19/h7-9,18-19H,1,10-15H2,2-6H3/b16-8+,17-9+. The van der Waals surface area contributed by atoms with Crippen LogP contribution in [0, 0.1) is 0 Å². The van der Waals surface area contributed by atoms with Gasteiger partial charge in [0.1, 0.15) is 18.8 Å². The lowest BCUT2D eigenvalue weighted by molar-refractivity contribution is -0.164. The summed E-state index contributed by atoms with van der Waals surface area (Å²) in [5, 5.41) is 0. The number of likely N-dealkylation sites (tertiary alicyclic amines) is 2. The molecule has 4 amide bonds. The van der Waals surface area contributed by atoms with Gasteiger partial charge in [-0.25, -0.2) is 9.69 Å². The molecule has 0 bridgehead atoms. The van der Waals surface area contributed by atoms with E-state index in [2.05, 4.69) is 6.58 Å². The van der Waals surface area contributed by atoms with E-state index in [0.717, 1.165) is 4.90 Å². The lowest BCUT2D eigenvalue weighted by Crippen LogP contribution is -2.56. The van der Waals surface area contributed by atoms with Crippen molar-refractivity contribution in [1.29, 1.82) is 0 Å². The molecule has 37 heavy (non-hydrogen) atoms. The van der Waals surface area contributed by atoms with Crippen molar-refractivity contribution in [3.63, 3.8) is 0 Å². The summed E-state index contributed by atoms with van der Waals surface area (Å²) >= 11 is 0. The summed E-state index contributed by atoms with van der Waals surface area (Å²) in [6.45, 7) is 12.3. The molecule has 0 aromatic heterocycles. The van der Waals surface area contributed by atoms with Gasteiger partial charge >= 0.3 is 6.16 Å². The fraction of sp³-hybridized carbons (Fsp3) is 0.577. The average Bonchev–Trinajstić information content (AvgIpc) is 2.98. The SMILES string of the molecule is C=C/C=C1/C(=O)N(C2CCC(=O)N(COC(=O)OCC3OC(C)(C)CCOC3(C)C)C2=O)C(=O)/C1=C/C. The van der Waals surface area contributed by atoms with Crippen molar-refractivity contribution in [1.82, 2.24) is 9.80 Å². The number of amides is 4. The second-order valence-electron chi connectivity index (χ2n) is 10.1. The van der Waals surface area contributed by atoms with Crippen molar-refractivity contribution in [2.24, 2.45) is 0 Å². The van der Waals surface area contributed by atoms with Crippen LogP contribution in [0.25, 0.3) is 0 Å². The number of hydrogen-bond acceptors (Lipinski definition) is 9. The number of ether oxygens (including phenoxy) is 4. The molecule has 3 heterocycles. The first-order chi connectivity index (χ1) is 17.3. The summed E-state index contributed by atoms with van der Waals surface area (Å²) in [6, 6.07) is -1.21. The van der Waals surface area contributed by atoms with Gasteiger partial charge in [0.25, 0.3) is 17.7 Å². The topological polar surface area (TPSA) is 129 Å². The Morgan fingerprint density at radius 1 is 1.11 bits per heavy atom. The van der Waals surface area contributed by atoms with E-state index in [1.165, 1.54) is 18.2 Å². The molecular weight excluding hydrogens is 484 g/mol. The molecule has 11 nitrogen and oxygen atoms in total. The third-order valence-electron chi connectivity index (χ3n) is 6.64. The summed E-state index contributed by atoms with van der Waals surface area (Å²) in [4.78, 5) is 65.2. The molecular formula is C26H34N2O9. The smallest absolute Gasteiger partial charge is 0.431 e. The van der Waals surface area contributed by atoms with Gasteiger partial charge in [-0.05, 0) is 53.5 Å². The van der Waals surface area contributed by atoms with E-state index >= 15 is 0 Å². The minimum absolute atomic E-state index is 0.0294. The zero-order valence-corrected chi connectivity index (χ0v) is 21.9. The van der Waals surface area contributed by atoms with Gasteiger partial charge in [-0.15, -0.1) is 0 Å². The maximum atomic E-state index is 13.1. The fourth-order valence-electron chi connectivity index (χ4n) is 4.40. The summed E-state index contributed by atoms with van der Waals surface area (Å²) in [5.41, 5.74) is -0.934. The second-order valence-corrected chi connectivity index (χ2v) is 10.1. The third-order valence-corrected chi connectivity index (χ3v) is 6.64. The Bertz CT molecular complexity index is 1060.